The largest absolute Gasteiger partial charge is 0.416 e. The van der Waals surface area contributed by atoms with Crippen LogP contribution in [0.4, 0.5) is 28.0 Å². The van der Waals surface area contributed by atoms with Gasteiger partial charge in [-0.3, -0.25) is 0 Å². The van der Waals surface area contributed by atoms with Crippen molar-refractivity contribution in [3.8, 4) is 0 Å². The lowest BCUT2D eigenvalue weighted by atomic mass is 10.1. The zero-order valence-electron chi connectivity index (χ0n) is 14.0. The van der Waals surface area contributed by atoms with E-state index in [1.807, 2.05) is 41.7 Å². The van der Waals surface area contributed by atoms with Crippen LogP contribution in [-0.2, 0) is 12.7 Å². The van der Waals surface area contributed by atoms with Crippen LogP contribution < -0.4 is 10.6 Å². The Balaban J connectivity index is 1.63. The van der Waals surface area contributed by atoms with Crippen LogP contribution in [0.3, 0.4) is 0 Å². The van der Waals surface area contributed by atoms with Gasteiger partial charge in [0.2, 0.25) is 0 Å². The normalized spacial score (nSPS) is 15.0. The molecule has 0 bridgehead atoms. The molecule has 1 heterocycles. The summed E-state index contributed by atoms with van der Waals surface area (Å²) in [6.45, 7) is -0.366. The van der Waals surface area contributed by atoms with Crippen molar-refractivity contribution in [2.75, 3.05) is 16.8 Å². The molecule has 2 aromatic carbocycles. The molecule has 0 unspecified atom stereocenters. The number of rotatable bonds is 4. The minimum atomic E-state index is -4.69. The Morgan fingerprint density at radius 1 is 1.11 bits per heavy atom. The average Bonchev–Trinajstić information content (AvgIpc) is 3.15. The van der Waals surface area contributed by atoms with Crippen molar-refractivity contribution < 1.29 is 22.4 Å². The zero-order valence-corrected chi connectivity index (χ0v) is 15.6. The maximum Gasteiger partial charge on any atom is 0.416 e. The van der Waals surface area contributed by atoms with Crippen LogP contribution >= 0.6 is 23.5 Å². The highest BCUT2D eigenvalue weighted by Gasteiger charge is 2.33. The van der Waals surface area contributed by atoms with Crippen molar-refractivity contribution in [2.24, 2.45) is 0 Å². The van der Waals surface area contributed by atoms with Crippen molar-refractivity contribution in [3.05, 3.63) is 65.0 Å². The van der Waals surface area contributed by atoms with Gasteiger partial charge in [-0.05, 0) is 35.4 Å². The van der Waals surface area contributed by atoms with Gasteiger partial charge in [0.1, 0.15) is 5.82 Å². The number of urea groups is 1. The number of hydrogen-bond acceptors (Lipinski definition) is 3. The van der Waals surface area contributed by atoms with Gasteiger partial charge >= 0.3 is 12.2 Å². The smallest absolute Gasteiger partial charge is 0.334 e. The molecule has 0 radical (unpaired) electrons. The fourth-order valence-electron chi connectivity index (χ4n) is 2.63. The predicted octanol–water partition coefficient (Wildman–Crippen LogP) is 5.64. The Bertz CT molecular complexity index is 823. The first-order chi connectivity index (χ1) is 12.8. The fraction of sp³-hybridized carbons (Fsp3) is 0.278. The summed E-state index contributed by atoms with van der Waals surface area (Å²) in [4.78, 5) is 12.1. The third-order valence-electron chi connectivity index (χ3n) is 3.86. The molecule has 0 spiro atoms. The number of benzene rings is 2. The number of carbonyl (C=O) groups is 1. The minimum Gasteiger partial charge on any atom is -0.334 e. The topological polar surface area (TPSA) is 41.1 Å². The highest BCUT2D eigenvalue weighted by molar-refractivity contribution is 8.19. The molecule has 2 amide bonds. The lowest BCUT2D eigenvalue weighted by Gasteiger charge is -2.14. The number of thioether (sulfide) groups is 2. The molecule has 0 atom stereocenters. The summed E-state index contributed by atoms with van der Waals surface area (Å²) in [5, 5.41) is 5.01. The number of halogens is 4. The van der Waals surface area contributed by atoms with Gasteiger partial charge in [-0.2, -0.15) is 13.2 Å². The first-order valence-corrected chi connectivity index (χ1v) is 10.2. The third kappa shape index (κ3) is 5.32. The lowest BCUT2D eigenvalue weighted by molar-refractivity contribution is -0.138. The van der Waals surface area contributed by atoms with Gasteiger partial charge in [-0.25, -0.2) is 9.18 Å². The van der Waals surface area contributed by atoms with E-state index in [-0.39, 0.29) is 12.1 Å². The van der Waals surface area contributed by atoms with Crippen molar-refractivity contribution >= 4 is 35.2 Å². The summed E-state index contributed by atoms with van der Waals surface area (Å²) in [6.07, 6.45) is -4.69. The Hall–Kier alpha value is -1.87. The Morgan fingerprint density at radius 2 is 1.85 bits per heavy atom. The second-order valence-electron chi connectivity index (χ2n) is 5.81. The highest BCUT2D eigenvalue weighted by atomic mass is 32.2. The number of anilines is 1. The lowest BCUT2D eigenvalue weighted by Crippen LogP contribution is -2.29. The molecule has 2 aromatic rings. The summed E-state index contributed by atoms with van der Waals surface area (Å²) in [5.74, 6) is 1.18. The van der Waals surface area contributed by atoms with Gasteiger partial charge in [0, 0.05) is 23.7 Å². The number of nitrogens with one attached hydrogen (secondary N) is 2. The van der Waals surface area contributed by atoms with Crippen LogP contribution in [0.15, 0.2) is 42.5 Å². The highest BCUT2D eigenvalue weighted by Crippen LogP contribution is 2.45. The average molecular weight is 416 g/mol. The van der Waals surface area contributed by atoms with Crippen LogP contribution in [0.5, 0.6) is 0 Å². The molecular formula is C18H16F4N2OS2. The van der Waals surface area contributed by atoms with E-state index >= 15 is 0 Å². The van der Waals surface area contributed by atoms with E-state index in [0.29, 0.717) is 16.3 Å². The molecule has 1 saturated heterocycles. The van der Waals surface area contributed by atoms with Crippen LogP contribution in [-0.4, -0.2) is 17.5 Å². The monoisotopic (exact) mass is 416 g/mol. The molecule has 0 aliphatic carbocycles. The fourth-order valence-corrected chi connectivity index (χ4v) is 5.47. The Labute approximate surface area is 162 Å². The zero-order chi connectivity index (χ0) is 19.4. The molecule has 3 nitrogen and oxygen atoms in total. The van der Waals surface area contributed by atoms with Crippen molar-refractivity contribution in [1.29, 1.82) is 0 Å². The first-order valence-electron chi connectivity index (χ1n) is 8.06. The molecule has 3 rings (SSSR count). The molecule has 144 valence electrons. The standard InChI is InChI=1S/C18H16F4N2OS2/c19-13-5-4-12(15(9-13)18(20,21)22)10-23-17(25)24-14-3-1-2-11(8-14)16-26-6-7-27-16/h1-5,8-9,16H,6-7,10H2,(H2,23,24,25). The van der Waals surface area contributed by atoms with Gasteiger partial charge in [0.25, 0.3) is 0 Å². The molecule has 0 aromatic heterocycles. The third-order valence-corrected chi connectivity index (χ3v) is 6.96. The quantitative estimate of drug-likeness (QED) is 0.634. The molecule has 1 aliphatic rings. The Morgan fingerprint density at radius 3 is 2.56 bits per heavy atom. The molecule has 0 saturated carbocycles. The van der Waals surface area contributed by atoms with Gasteiger partial charge in [0.15, 0.2) is 0 Å². The molecule has 9 heteroatoms. The predicted molar refractivity (Wildman–Crippen MR) is 101 cm³/mol. The second kappa shape index (κ2) is 8.43. The van der Waals surface area contributed by atoms with E-state index in [1.165, 1.54) is 0 Å². The van der Waals surface area contributed by atoms with Crippen molar-refractivity contribution in [1.82, 2.24) is 5.32 Å². The van der Waals surface area contributed by atoms with Gasteiger partial charge < -0.3 is 10.6 Å². The summed E-state index contributed by atoms with van der Waals surface area (Å²) >= 11 is 3.67. The summed E-state index contributed by atoms with van der Waals surface area (Å²) in [5.41, 5.74) is 0.345. The first kappa shape index (κ1) is 19.9. The van der Waals surface area contributed by atoms with Crippen LogP contribution in [0.1, 0.15) is 21.3 Å². The second-order valence-corrected chi connectivity index (χ2v) is 8.53. The molecule has 1 aliphatic heterocycles. The molecular weight excluding hydrogens is 400 g/mol. The van der Waals surface area contributed by atoms with E-state index in [2.05, 4.69) is 10.6 Å². The van der Waals surface area contributed by atoms with E-state index in [0.717, 1.165) is 29.2 Å². The Kier molecular flexibility index (Phi) is 6.21. The molecule has 27 heavy (non-hydrogen) atoms. The van der Waals surface area contributed by atoms with E-state index in [9.17, 15) is 22.4 Å². The number of alkyl halides is 3. The van der Waals surface area contributed by atoms with E-state index in [1.54, 1.807) is 6.07 Å². The SMILES string of the molecule is O=C(NCc1ccc(F)cc1C(F)(F)F)Nc1cccc(C2SCCS2)c1. The summed E-state index contributed by atoms with van der Waals surface area (Å²) in [7, 11) is 0. The van der Waals surface area contributed by atoms with Gasteiger partial charge in [-0.15, -0.1) is 23.5 Å². The van der Waals surface area contributed by atoms with Crippen LogP contribution in [0.2, 0.25) is 0 Å². The molecule has 2 N–H and O–H groups in total. The summed E-state index contributed by atoms with van der Waals surface area (Å²) in [6, 6.07) is 9.13. The number of carbonyl (C=O) groups excluding carboxylic acids is 1. The van der Waals surface area contributed by atoms with Crippen molar-refractivity contribution in [2.45, 2.75) is 17.3 Å². The van der Waals surface area contributed by atoms with E-state index in [4.69, 9.17) is 0 Å². The van der Waals surface area contributed by atoms with Crippen LogP contribution in [0.25, 0.3) is 0 Å². The van der Waals surface area contributed by atoms with Crippen molar-refractivity contribution in [3.63, 3.8) is 0 Å². The number of hydrogen-bond donors (Lipinski definition) is 2. The summed E-state index contributed by atoms with van der Waals surface area (Å²) < 4.78 is 52.4. The van der Waals surface area contributed by atoms with Gasteiger partial charge in [-0.1, -0.05) is 18.2 Å². The molecule has 1 fully saturated rings. The minimum absolute atomic E-state index is 0.202. The maximum atomic E-state index is 13.1. The number of amides is 2. The maximum absolute atomic E-state index is 13.1. The van der Waals surface area contributed by atoms with Gasteiger partial charge in [0.05, 0.1) is 10.1 Å². The van der Waals surface area contributed by atoms with E-state index < -0.39 is 23.6 Å². The van der Waals surface area contributed by atoms with Crippen LogP contribution in [0, 0.1) is 5.82 Å².